The number of nitrogens with one attached hydrogen (secondary N) is 1. The molecule has 6 nitrogen and oxygen atoms in total. The van der Waals surface area contributed by atoms with Crippen LogP contribution in [0.4, 0.5) is 10.1 Å². The summed E-state index contributed by atoms with van der Waals surface area (Å²) in [7, 11) is 1.33. The second-order valence-electron chi connectivity index (χ2n) is 7.01. The van der Waals surface area contributed by atoms with Crippen LogP contribution in [0.5, 0.6) is 0 Å². The molecular formula is C19H28FN3O3. The molecule has 1 amide bonds. The van der Waals surface area contributed by atoms with Crippen LogP contribution in [-0.2, 0) is 14.3 Å². The normalized spacial score (nSPS) is 16.4. The number of rotatable bonds is 7. The maximum atomic E-state index is 13.0. The molecule has 0 aromatic heterocycles. The molecule has 0 unspecified atom stereocenters. The zero-order valence-electron chi connectivity index (χ0n) is 15.7. The first-order chi connectivity index (χ1) is 12.4. The minimum Gasteiger partial charge on any atom is -0.467 e. The third kappa shape index (κ3) is 5.98. The van der Waals surface area contributed by atoms with E-state index in [0.717, 1.165) is 31.9 Å². The van der Waals surface area contributed by atoms with Crippen molar-refractivity contribution in [2.45, 2.75) is 26.3 Å². The highest BCUT2D eigenvalue weighted by Crippen LogP contribution is 2.16. The molecule has 0 bridgehead atoms. The Morgan fingerprint density at radius 3 is 2.31 bits per heavy atom. The van der Waals surface area contributed by atoms with Gasteiger partial charge in [-0.15, -0.1) is 0 Å². The van der Waals surface area contributed by atoms with Crippen molar-refractivity contribution in [2.75, 3.05) is 44.7 Å². The maximum absolute atomic E-state index is 13.0. The molecule has 1 N–H and O–H groups in total. The number of methoxy groups -OCH3 is 1. The monoisotopic (exact) mass is 365 g/mol. The van der Waals surface area contributed by atoms with Gasteiger partial charge in [-0.05, 0) is 36.6 Å². The Morgan fingerprint density at radius 2 is 1.77 bits per heavy atom. The number of piperazine rings is 1. The maximum Gasteiger partial charge on any atom is 0.328 e. The summed E-state index contributed by atoms with van der Waals surface area (Å²) in [5, 5.41) is 2.79. The number of carbonyl (C=O) groups is 2. The van der Waals surface area contributed by atoms with E-state index in [-0.39, 0.29) is 24.2 Å². The fraction of sp³-hybridized carbons (Fsp3) is 0.579. The Hall–Kier alpha value is -2.15. The molecule has 1 atom stereocenters. The van der Waals surface area contributed by atoms with E-state index in [9.17, 15) is 14.0 Å². The third-order valence-corrected chi connectivity index (χ3v) is 4.46. The van der Waals surface area contributed by atoms with Crippen molar-refractivity contribution in [1.82, 2.24) is 10.2 Å². The van der Waals surface area contributed by atoms with Gasteiger partial charge in [-0.2, -0.15) is 0 Å². The molecule has 0 saturated carbocycles. The van der Waals surface area contributed by atoms with E-state index in [0.29, 0.717) is 6.42 Å². The van der Waals surface area contributed by atoms with Gasteiger partial charge in [0.05, 0.1) is 13.7 Å². The van der Waals surface area contributed by atoms with Crippen LogP contribution >= 0.6 is 0 Å². The Bertz CT molecular complexity index is 599. The van der Waals surface area contributed by atoms with Crippen LogP contribution in [0.1, 0.15) is 20.3 Å². The highest BCUT2D eigenvalue weighted by atomic mass is 19.1. The Balaban J connectivity index is 1.81. The van der Waals surface area contributed by atoms with Crippen LogP contribution in [0.3, 0.4) is 0 Å². The molecule has 26 heavy (non-hydrogen) atoms. The van der Waals surface area contributed by atoms with E-state index in [1.165, 1.54) is 19.2 Å². The lowest BCUT2D eigenvalue weighted by molar-refractivity contribution is -0.145. The quantitative estimate of drug-likeness (QED) is 0.745. The van der Waals surface area contributed by atoms with Crippen LogP contribution in [0.25, 0.3) is 0 Å². The van der Waals surface area contributed by atoms with Crippen LogP contribution in [-0.4, -0.2) is 62.7 Å². The van der Waals surface area contributed by atoms with Gasteiger partial charge < -0.3 is 15.0 Å². The van der Waals surface area contributed by atoms with E-state index in [1.54, 1.807) is 12.1 Å². The first-order valence-corrected chi connectivity index (χ1v) is 8.99. The zero-order valence-corrected chi connectivity index (χ0v) is 15.7. The molecule has 1 fully saturated rings. The van der Waals surface area contributed by atoms with E-state index in [4.69, 9.17) is 4.74 Å². The lowest BCUT2D eigenvalue weighted by Gasteiger charge is -2.35. The first kappa shape index (κ1) is 20.2. The summed E-state index contributed by atoms with van der Waals surface area (Å²) in [4.78, 5) is 28.3. The largest absolute Gasteiger partial charge is 0.467 e. The summed E-state index contributed by atoms with van der Waals surface area (Å²) in [6.45, 7) is 7.25. The highest BCUT2D eigenvalue weighted by molar-refractivity contribution is 5.85. The second kappa shape index (κ2) is 9.52. The lowest BCUT2D eigenvalue weighted by Crippen LogP contribution is -2.51. The van der Waals surface area contributed by atoms with E-state index in [2.05, 4.69) is 15.1 Å². The number of hydrogen-bond acceptors (Lipinski definition) is 5. The molecule has 0 radical (unpaired) electrons. The predicted molar refractivity (Wildman–Crippen MR) is 98.5 cm³/mol. The lowest BCUT2D eigenvalue weighted by atomic mass is 10.0. The van der Waals surface area contributed by atoms with Crippen molar-refractivity contribution in [3.8, 4) is 0 Å². The van der Waals surface area contributed by atoms with E-state index >= 15 is 0 Å². The topological polar surface area (TPSA) is 61.9 Å². The zero-order chi connectivity index (χ0) is 19.1. The molecule has 7 heteroatoms. The van der Waals surface area contributed by atoms with Gasteiger partial charge in [0.1, 0.15) is 11.9 Å². The molecule has 1 aromatic carbocycles. The molecule has 1 aliphatic heterocycles. The van der Waals surface area contributed by atoms with E-state index < -0.39 is 12.0 Å². The van der Waals surface area contributed by atoms with Gasteiger partial charge in [0, 0.05) is 31.9 Å². The van der Waals surface area contributed by atoms with E-state index in [1.807, 2.05) is 13.8 Å². The smallest absolute Gasteiger partial charge is 0.328 e. The van der Waals surface area contributed by atoms with Crippen LogP contribution in [0.15, 0.2) is 24.3 Å². The molecule has 1 heterocycles. The number of hydrogen-bond donors (Lipinski definition) is 1. The number of esters is 1. The average molecular weight is 365 g/mol. The number of anilines is 1. The molecule has 1 saturated heterocycles. The number of ether oxygens (including phenoxy) is 1. The SMILES string of the molecule is COC(=O)[C@@H](CC(C)C)NC(=O)CN1CCN(c2ccc(F)cc2)CC1. The molecule has 2 rings (SSSR count). The van der Waals surface area contributed by atoms with Gasteiger partial charge in [-0.1, -0.05) is 13.8 Å². The number of amides is 1. The third-order valence-electron chi connectivity index (χ3n) is 4.46. The Morgan fingerprint density at radius 1 is 1.15 bits per heavy atom. The van der Waals surface area contributed by atoms with Gasteiger partial charge in [0.25, 0.3) is 0 Å². The van der Waals surface area contributed by atoms with Crippen molar-refractivity contribution in [1.29, 1.82) is 0 Å². The Labute approximate surface area is 154 Å². The summed E-state index contributed by atoms with van der Waals surface area (Å²) in [5.74, 6) is -0.547. The molecule has 0 aliphatic carbocycles. The standard InChI is InChI=1S/C19H28FN3O3/c1-14(2)12-17(19(25)26-3)21-18(24)13-22-8-10-23(11-9-22)16-6-4-15(20)5-7-16/h4-7,14,17H,8-13H2,1-3H3,(H,21,24)/t17-/m1/s1. The van der Waals surface area contributed by atoms with Gasteiger partial charge in [-0.3, -0.25) is 9.69 Å². The summed E-state index contributed by atoms with van der Waals surface area (Å²) in [6, 6.07) is 5.84. The molecule has 1 aliphatic rings. The summed E-state index contributed by atoms with van der Waals surface area (Å²) < 4.78 is 17.8. The number of halogens is 1. The molecule has 0 spiro atoms. The molecular weight excluding hydrogens is 337 g/mol. The fourth-order valence-electron chi connectivity index (χ4n) is 3.09. The average Bonchev–Trinajstić information content (AvgIpc) is 2.61. The van der Waals surface area contributed by atoms with Gasteiger partial charge >= 0.3 is 5.97 Å². The second-order valence-corrected chi connectivity index (χ2v) is 7.01. The van der Waals surface area contributed by atoms with Gasteiger partial charge in [0.15, 0.2) is 0 Å². The number of nitrogens with zero attached hydrogens (tertiary/aromatic N) is 2. The fourth-order valence-corrected chi connectivity index (χ4v) is 3.09. The van der Waals surface area contributed by atoms with Crippen LogP contribution in [0.2, 0.25) is 0 Å². The van der Waals surface area contributed by atoms with Gasteiger partial charge in [-0.25, -0.2) is 9.18 Å². The van der Waals surface area contributed by atoms with Crippen LogP contribution < -0.4 is 10.2 Å². The number of carbonyl (C=O) groups excluding carboxylic acids is 2. The molecule has 1 aromatic rings. The van der Waals surface area contributed by atoms with Crippen molar-refractivity contribution < 1.29 is 18.7 Å². The van der Waals surface area contributed by atoms with Gasteiger partial charge in [0.2, 0.25) is 5.91 Å². The van der Waals surface area contributed by atoms with Crippen molar-refractivity contribution in [2.24, 2.45) is 5.92 Å². The summed E-state index contributed by atoms with van der Waals surface area (Å²) in [6.07, 6.45) is 0.552. The minimum atomic E-state index is -0.604. The van der Waals surface area contributed by atoms with Crippen molar-refractivity contribution in [3.63, 3.8) is 0 Å². The highest BCUT2D eigenvalue weighted by Gasteiger charge is 2.25. The van der Waals surface area contributed by atoms with Crippen LogP contribution in [0, 0.1) is 11.7 Å². The van der Waals surface area contributed by atoms with Crippen molar-refractivity contribution in [3.05, 3.63) is 30.1 Å². The molecule has 144 valence electrons. The summed E-state index contributed by atoms with van der Waals surface area (Å²) >= 11 is 0. The first-order valence-electron chi connectivity index (χ1n) is 8.99. The summed E-state index contributed by atoms with van der Waals surface area (Å²) in [5.41, 5.74) is 0.984. The predicted octanol–water partition coefficient (Wildman–Crippen LogP) is 1.65. The number of benzene rings is 1. The van der Waals surface area contributed by atoms with Crippen molar-refractivity contribution >= 4 is 17.6 Å². The minimum absolute atomic E-state index is 0.170. The Kier molecular flexibility index (Phi) is 7.38.